The van der Waals surface area contributed by atoms with Gasteiger partial charge < -0.3 is 4.98 Å². The van der Waals surface area contributed by atoms with Crippen LogP contribution in [0.4, 0.5) is 5.95 Å². The van der Waals surface area contributed by atoms with Crippen molar-refractivity contribution in [3.63, 3.8) is 0 Å². The first-order valence-corrected chi connectivity index (χ1v) is 7.92. The number of nitrogens with one attached hydrogen (secondary N) is 2. The maximum atomic E-state index is 12.3. The highest BCUT2D eigenvalue weighted by atomic mass is 16.1. The van der Waals surface area contributed by atoms with E-state index in [1.807, 2.05) is 61.5 Å². The second kappa shape index (κ2) is 6.20. The predicted molar refractivity (Wildman–Crippen MR) is 94.5 cm³/mol. The molecule has 7 heteroatoms. The Morgan fingerprint density at radius 3 is 2.68 bits per heavy atom. The van der Waals surface area contributed by atoms with Crippen molar-refractivity contribution >= 4 is 22.9 Å². The lowest BCUT2D eigenvalue weighted by atomic mass is 10.2. The molecule has 0 radical (unpaired) electrons. The first-order chi connectivity index (χ1) is 12.2. The number of aromatic nitrogens is 5. The maximum Gasteiger partial charge on any atom is 0.232 e. The zero-order chi connectivity index (χ0) is 17.2. The van der Waals surface area contributed by atoms with Gasteiger partial charge in [-0.25, -0.2) is 9.67 Å². The van der Waals surface area contributed by atoms with Crippen LogP contribution >= 0.6 is 0 Å². The van der Waals surface area contributed by atoms with Crippen LogP contribution in [-0.4, -0.2) is 30.9 Å². The van der Waals surface area contributed by atoms with Crippen LogP contribution in [0.5, 0.6) is 0 Å². The molecule has 0 saturated heterocycles. The molecule has 0 saturated carbocycles. The van der Waals surface area contributed by atoms with Crippen molar-refractivity contribution < 1.29 is 4.79 Å². The van der Waals surface area contributed by atoms with Crippen LogP contribution in [0, 0.1) is 6.92 Å². The SMILES string of the molecule is Cc1c(CC(=O)Nc2nc3ccccc3[nH]2)nnn1-c1ccccc1. The summed E-state index contributed by atoms with van der Waals surface area (Å²) < 4.78 is 1.73. The highest BCUT2D eigenvalue weighted by molar-refractivity contribution is 5.92. The van der Waals surface area contributed by atoms with Crippen LogP contribution < -0.4 is 5.32 Å². The third kappa shape index (κ3) is 2.99. The van der Waals surface area contributed by atoms with Gasteiger partial charge in [0.1, 0.15) is 0 Å². The average Bonchev–Trinajstić information content (AvgIpc) is 3.19. The van der Waals surface area contributed by atoms with Gasteiger partial charge in [-0.15, -0.1) is 5.10 Å². The summed E-state index contributed by atoms with van der Waals surface area (Å²) in [5.41, 5.74) is 4.08. The van der Waals surface area contributed by atoms with E-state index in [-0.39, 0.29) is 12.3 Å². The summed E-state index contributed by atoms with van der Waals surface area (Å²) in [6, 6.07) is 17.3. The Morgan fingerprint density at radius 1 is 1.12 bits per heavy atom. The van der Waals surface area contributed by atoms with E-state index < -0.39 is 0 Å². The molecule has 0 fully saturated rings. The van der Waals surface area contributed by atoms with Crippen molar-refractivity contribution in [1.29, 1.82) is 0 Å². The van der Waals surface area contributed by atoms with Crippen molar-refractivity contribution in [2.75, 3.05) is 5.32 Å². The number of hydrogen-bond donors (Lipinski definition) is 2. The summed E-state index contributed by atoms with van der Waals surface area (Å²) in [6.45, 7) is 1.90. The van der Waals surface area contributed by atoms with Gasteiger partial charge in [-0.2, -0.15) is 0 Å². The summed E-state index contributed by atoms with van der Waals surface area (Å²) in [5.74, 6) is 0.238. The van der Waals surface area contributed by atoms with E-state index in [0.29, 0.717) is 11.6 Å². The fraction of sp³-hybridized carbons (Fsp3) is 0.111. The van der Waals surface area contributed by atoms with E-state index in [1.54, 1.807) is 4.68 Å². The monoisotopic (exact) mass is 332 g/mol. The first-order valence-electron chi connectivity index (χ1n) is 7.92. The van der Waals surface area contributed by atoms with E-state index >= 15 is 0 Å². The Bertz CT molecular complexity index is 1000. The van der Waals surface area contributed by atoms with Crippen molar-refractivity contribution in [1.82, 2.24) is 25.0 Å². The zero-order valence-electron chi connectivity index (χ0n) is 13.6. The van der Waals surface area contributed by atoms with Crippen LogP contribution in [0.1, 0.15) is 11.4 Å². The Kier molecular flexibility index (Phi) is 3.74. The molecule has 0 aliphatic rings. The predicted octanol–water partition coefficient (Wildman–Crippen LogP) is 2.63. The molecule has 2 aromatic heterocycles. The molecule has 0 spiro atoms. The topological polar surface area (TPSA) is 88.5 Å². The Balaban J connectivity index is 1.50. The lowest BCUT2D eigenvalue weighted by Gasteiger charge is -2.03. The molecule has 1 amide bonds. The number of H-pyrrole nitrogens is 1. The van der Waals surface area contributed by atoms with Gasteiger partial charge in [-0.05, 0) is 31.2 Å². The van der Waals surface area contributed by atoms with E-state index in [4.69, 9.17) is 0 Å². The van der Waals surface area contributed by atoms with Gasteiger partial charge in [0.15, 0.2) is 0 Å². The number of para-hydroxylation sites is 3. The second-order valence-corrected chi connectivity index (χ2v) is 5.70. The van der Waals surface area contributed by atoms with E-state index in [1.165, 1.54) is 0 Å². The number of amides is 1. The zero-order valence-corrected chi connectivity index (χ0v) is 13.6. The smallest absolute Gasteiger partial charge is 0.232 e. The second-order valence-electron chi connectivity index (χ2n) is 5.70. The maximum absolute atomic E-state index is 12.3. The van der Waals surface area contributed by atoms with Crippen LogP contribution in [0.15, 0.2) is 54.6 Å². The number of nitrogens with zero attached hydrogens (tertiary/aromatic N) is 4. The molecule has 7 nitrogen and oxygen atoms in total. The lowest BCUT2D eigenvalue weighted by molar-refractivity contribution is -0.115. The van der Waals surface area contributed by atoms with Crippen molar-refractivity contribution in [3.05, 3.63) is 66.0 Å². The molecule has 0 bridgehead atoms. The van der Waals surface area contributed by atoms with Crippen LogP contribution in [0.3, 0.4) is 0 Å². The standard InChI is InChI=1S/C18H16N6O/c1-12-16(22-23-24(12)13-7-3-2-4-8-13)11-17(25)21-18-19-14-9-5-6-10-15(14)20-18/h2-10H,11H2,1H3,(H2,19,20,21,25). The Morgan fingerprint density at radius 2 is 1.88 bits per heavy atom. The van der Waals surface area contributed by atoms with Gasteiger partial charge >= 0.3 is 0 Å². The molecule has 0 aliphatic heterocycles. The number of aromatic amines is 1. The summed E-state index contributed by atoms with van der Waals surface area (Å²) >= 11 is 0. The lowest BCUT2D eigenvalue weighted by Crippen LogP contribution is -2.16. The first kappa shape index (κ1) is 15.1. The Hall–Kier alpha value is -3.48. The summed E-state index contributed by atoms with van der Waals surface area (Å²) in [5, 5.41) is 11.1. The van der Waals surface area contributed by atoms with E-state index in [0.717, 1.165) is 22.4 Å². The van der Waals surface area contributed by atoms with Crippen molar-refractivity contribution in [2.24, 2.45) is 0 Å². The summed E-state index contributed by atoms with van der Waals surface area (Å²) in [4.78, 5) is 19.7. The van der Waals surface area contributed by atoms with Gasteiger partial charge in [-0.1, -0.05) is 35.5 Å². The Labute approximate surface area is 143 Å². The van der Waals surface area contributed by atoms with Crippen molar-refractivity contribution in [3.8, 4) is 5.69 Å². The summed E-state index contributed by atoms with van der Waals surface area (Å²) in [7, 11) is 0. The minimum absolute atomic E-state index is 0.135. The summed E-state index contributed by atoms with van der Waals surface area (Å²) in [6.07, 6.45) is 0.135. The van der Waals surface area contributed by atoms with Gasteiger partial charge in [0.05, 0.1) is 34.5 Å². The van der Waals surface area contributed by atoms with Crippen LogP contribution in [0.25, 0.3) is 16.7 Å². The molecule has 4 aromatic rings. The minimum atomic E-state index is -0.192. The molecule has 0 aliphatic carbocycles. The molecule has 2 heterocycles. The largest absolute Gasteiger partial charge is 0.324 e. The number of fused-ring (bicyclic) bond motifs is 1. The van der Waals surface area contributed by atoms with Gasteiger partial charge in [-0.3, -0.25) is 10.1 Å². The van der Waals surface area contributed by atoms with Gasteiger partial charge in [0, 0.05) is 0 Å². The average molecular weight is 332 g/mol. The number of imidazole rings is 1. The van der Waals surface area contributed by atoms with Crippen LogP contribution in [-0.2, 0) is 11.2 Å². The quantitative estimate of drug-likeness (QED) is 0.601. The molecule has 0 unspecified atom stereocenters. The third-order valence-electron chi connectivity index (χ3n) is 3.97. The minimum Gasteiger partial charge on any atom is -0.324 e. The molecular weight excluding hydrogens is 316 g/mol. The van der Waals surface area contributed by atoms with Gasteiger partial charge in [0.25, 0.3) is 0 Å². The van der Waals surface area contributed by atoms with E-state index in [2.05, 4.69) is 25.6 Å². The van der Waals surface area contributed by atoms with E-state index in [9.17, 15) is 4.79 Å². The molecule has 0 atom stereocenters. The molecule has 4 rings (SSSR count). The molecular formula is C18H16N6O. The number of carbonyl (C=O) groups is 1. The fourth-order valence-corrected chi connectivity index (χ4v) is 2.68. The highest BCUT2D eigenvalue weighted by Crippen LogP contribution is 2.15. The normalized spacial score (nSPS) is 10.9. The van der Waals surface area contributed by atoms with Crippen LogP contribution in [0.2, 0.25) is 0 Å². The number of rotatable bonds is 4. The number of anilines is 1. The highest BCUT2D eigenvalue weighted by Gasteiger charge is 2.15. The van der Waals surface area contributed by atoms with Crippen molar-refractivity contribution in [2.45, 2.75) is 13.3 Å². The fourth-order valence-electron chi connectivity index (χ4n) is 2.68. The molecule has 2 aromatic carbocycles. The molecule has 124 valence electrons. The third-order valence-corrected chi connectivity index (χ3v) is 3.97. The molecule has 25 heavy (non-hydrogen) atoms. The number of carbonyl (C=O) groups excluding carboxylic acids is 1. The molecule has 2 N–H and O–H groups in total. The number of hydrogen-bond acceptors (Lipinski definition) is 4. The number of benzene rings is 2. The van der Waals surface area contributed by atoms with Gasteiger partial charge in [0.2, 0.25) is 11.9 Å².